The van der Waals surface area contributed by atoms with Crippen LogP contribution in [0.25, 0.3) is 0 Å². The zero-order valence-electron chi connectivity index (χ0n) is 17.5. The fraction of sp³-hybridized carbons (Fsp3) is 0.739. The fourth-order valence-corrected chi connectivity index (χ4v) is 3.77. The van der Waals surface area contributed by atoms with E-state index in [4.69, 9.17) is 15.2 Å². The molecule has 0 aliphatic heterocycles. The first-order valence-electron chi connectivity index (χ1n) is 10.7. The van der Waals surface area contributed by atoms with Gasteiger partial charge in [0.15, 0.2) is 0 Å². The van der Waals surface area contributed by atoms with Gasteiger partial charge in [-0.15, -0.1) is 0 Å². The molecule has 4 nitrogen and oxygen atoms in total. The van der Waals surface area contributed by atoms with Crippen LogP contribution in [0.1, 0.15) is 70.8 Å². The Hall–Kier alpha value is -1.26. The highest BCUT2D eigenvalue weighted by molar-refractivity contribution is 5.41. The van der Waals surface area contributed by atoms with E-state index in [1.807, 2.05) is 12.1 Å². The molecule has 1 fully saturated rings. The minimum absolute atomic E-state index is 0.0450. The molecule has 154 valence electrons. The van der Waals surface area contributed by atoms with Gasteiger partial charge >= 0.3 is 0 Å². The molecule has 27 heavy (non-hydrogen) atoms. The molecule has 1 aliphatic carbocycles. The van der Waals surface area contributed by atoms with Crippen LogP contribution in [0.4, 0.5) is 0 Å². The number of rotatable bonds is 13. The minimum Gasteiger partial charge on any atom is -0.496 e. The predicted molar refractivity (Wildman–Crippen MR) is 111 cm³/mol. The largest absolute Gasteiger partial charge is 0.496 e. The van der Waals surface area contributed by atoms with Crippen molar-refractivity contribution in [1.29, 1.82) is 0 Å². The van der Waals surface area contributed by atoms with E-state index >= 15 is 0 Å². The van der Waals surface area contributed by atoms with Crippen molar-refractivity contribution in [3.05, 3.63) is 23.8 Å². The van der Waals surface area contributed by atoms with Crippen LogP contribution in [0.3, 0.4) is 0 Å². The average molecular weight is 378 g/mol. The van der Waals surface area contributed by atoms with Crippen molar-refractivity contribution in [2.45, 2.75) is 77.2 Å². The lowest BCUT2D eigenvalue weighted by Crippen LogP contribution is -2.46. The molecule has 1 unspecified atom stereocenters. The first-order valence-corrected chi connectivity index (χ1v) is 10.7. The number of unbranched alkanes of at least 4 members (excludes halogenated alkanes) is 1. The molecule has 1 aromatic carbocycles. The van der Waals surface area contributed by atoms with Crippen molar-refractivity contribution >= 4 is 0 Å². The van der Waals surface area contributed by atoms with Gasteiger partial charge in [-0.3, -0.25) is 0 Å². The molecule has 3 N–H and O–H groups in total. The summed E-state index contributed by atoms with van der Waals surface area (Å²) in [6.45, 7) is 5.30. The molecular formula is C23H39NO3. The molecule has 2 rings (SSSR count). The summed E-state index contributed by atoms with van der Waals surface area (Å²) in [5, 5.41) is 9.80. The Morgan fingerprint density at radius 3 is 2.63 bits per heavy atom. The number of hydrogen-bond donors (Lipinski definition) is 2. The monoisotopic (exact) mass is 377 g/mol. The van der Waals surface area contributed by atoms with E-state index in [0.29, 0.717) is 5.92 Å². The Morgan fingerprint density at radius 1 is 1.26 bits per heavy atom. The standard InChI is InChI=1S/C23H39NO3/c1-18(2)7-4-5-14-27-21-11-10-20(22(15-21)26-3)12-13-23(24,17-25)16-19-8-6-9-19/h10-11,15,18-19,25H,4-9,12-14,16-17,24H2,1-3H3. The molecule has 0 aromatic heterocycles. The molecule has 0 saturated heterocycles. The number of aliphatic hydroxyl groups is 1. The number of nitrogens with two attached hydrogens (primary N) is 1. The smallest absolute Gasteiger partial charge is 0.125 e. The second-order valence-corrected chi connectivity index (χ2v) is 8.73. The van der Waals surface area contributed by atoms with Crippen molar-refractivity contribution in [1.82, 2.24) is 0 Å². The number of methoxy groups -OCH3 is 1. The van der Waals surface area contributed by atoms with E-state index < -0.39 is 5.54 Å². The van der Waals surface area contributed by atoms with Gasteiger partial charge in [0, 0.05) is 11.6 Å². The third kappa shape index (κ3) is 7.34. The summed E-state index contributed by atoms with van der Waals surface area (Å²) in [4.78, 5) is 0. The van der Waals surface area contributed by atoms with E-state index in [1.54, 1.807) is 7.11 Å². The van der Waals surface area contributed by atoms with E-state index in [2.05, 4.69) is 19.9 Å². The molecule has 0 radical (unpaired) electrons. The van der Waals surface area contributed by atoms with Crippen LogP contribution in [-0.4, -0.2) is 31.0 Å². The molecule has 1 saturated carbocycles. The third-order valence-electron chi connectivity index (χ3n) is 5.83. The molecular weight excluding hydrogens is 338 g/mol. The van der Waals surface area contributed by atoms with Gasteiger partial charge in [0.1, 0.15) is 11.5 Å². The molecule has 0 spiro atoms. The van der Waals surface area contributed by atoms with Crippen LogP contribution in [-0.2, 0) is 6.42 Å². The number of ether oxygens (including phenoxy) is 2. The van der Waals surface area contributed by atoms with Crippen molar-refractivity contribution in [3.8, 4) is 11.5 Å². The topological polar surface area (TPSA) is 64.7 Å². The summed E-state index contributed by atoms with van der Waals surface area (Å²) < 4.78 is 11.5. The van der Waals surface area contributed by atoms with Crippen LogP contribution in [0.2, 0.25) is 0 Å². The zero-order chi connectivity index (χ0) is 19.7. The summed E-state index contributed by atoms with van der Waals surface area (Å²) >= 11 is 0. The van der Waals surface area contributed by atoms with Gasteiger partial charge in [0.05, 0.1) is 20.3 Å². The van der Waals surface area contributed by atoms with Crippen LogP contribution < -0.4 is 15.2 Å². The van der Waals surface area contributed by atoms with Crippen molar-refractivity contribution in [3.63, 3.8) is 0 Å². The Bertz CT molecular complexity index is 557. The number of aryl methyl sites for hydroxylation is 1. The number of benzene rings is 1. The van der Waals surface area contributed by atoms with E-state index in [9.17, 15) is 5.11 Å². The maximum Gasteiger partial charge on any atom is 0.125 e. The van der Waals surface area contributed by atoms with Gasteiger partial charge in [0.2, 0.25) is 0 Å². The normalized spacial score (nSPS) is 16.8. The van der Waals surface area contributed by atoms with Gasteiger partial charge in [-0.05, 0) is 55.6 Å². The Labute approximate surface area is 165 Å². The first-order chi connectivity index (χ1) is 13.0. The van der Waals surface area contributed by atoms with E-state index in [1.165, 1.54) is 32.1 Å². The predicted octanol–water partition coefficient (Wildman–Crippen LogP) is 4.71. The summed E-state index contributed by atoms with van der Waals surface area (Å²) in [6, 6.07) is 6.06. The Morgan fingerprint density at radius 2 is 2.04 bits per heavy atom. The molecule has 4 heteroatoms. The number of aliphatic hydroxyl groups excluding tert-OH is 1. The SMILES string of the molecule is COc1cc(OCCCCC(C)C)ccc1CCC(N)(CO)CC1CCC1. The molecule has 1 atom stereocenters. The third-order valence-corrected chi connectivity index (χ3v) is 5.83. The lowest BCUT2D eigenvalue weighted by atomic mass is 9.75. The van der Waals surface area contributed by atoms with E-state index in [-0.39, 0.29) is 6.61 Å². The molecule has 0 bridgehead atoms. The van der Waals surface area contributed by atoms with Gasteiger partial charge in [0.25, 0.3) is 0 Å². The molecule has 1 aliphatic rings. The van der Waals surface area contributed by atoms with Crippen molar-refractivity contribution in [2.24, 2.45) is 17.6 Å². The highest BCUT2D eigenvalue weighted by Gasteiger charge is 2.31. The van der Waals surface area contributed by atoms with Crippen LogP contribution in [0, 0.1) is 11.8 Å². The second-order valence-electron chi connectivity index (χ2n) is 8.73. The number of hydrogen-bond acceptors (Lipinski definition) is 4. The van der Waals surface area contributed by atoms with Crippen LogP contribution in [0.15, 0.2) is 18.2 Å². The maximum absolute atomic E-state index is 9.80. The van der Waals surface area contributed by atoms with Crippen molar-refractivity contribution < 1.29 is 14.6 Å². The Balaban J connectivity index is 1.85. The quantitative estimate of drug-likeness (QED) is 0.489. The van der Waals surface area contributed by atoms with Gasteiger partial charge in [-0.25, -0.2) is 0 Å². The van der Waals surface area contributed by atoms with E-state index in [0.717, 1.165) is 55.3 Å². The minimum atomic E-state index is -0.484. The first kappa shape index (κ1) is 22.0. The summed E-state index contributed by atoms with van der Waals surface area (Å²) in [5.41, 5.74) is 7.12. The summed E-state index contributed by atoms with van der Waals surface area (Å²) in [6.07, 6.45) is 9.84. The van der Waals surface area contributed by atoms with Gasteiger partial charge in [-0.2, -0.15) is 0 Å². The van der Waals surface area contributed by atoms with Gasteiger partial charge in [-0.1, -0.05) is 45.6 Å². The average Bonchev–Trinajstić information content (AvgIpc) is 2.63. The highest BCUT2D eigenvalue weighted by atomic mass is 16.5. The Kier molecular flexibility index (Phi) is 8.91. The van der Waals surface area contributed by atoms with Crippen LogP contribution in [0.5, 0.6) is 11.5 Å². The fourth-order valence-electron chi connectivity index (χ4n) is 3.77. The maximum atomic E-state index is 9.80. The molecule has 0 heterocycles. The summed E-state index contributed by atoms with van der Waals surface area (Å²) in [5.74, 6) is 3.15. The lowest BCUT2D eigenvalue weighted by Gasteiger charge is -2.36. The molecule has 0 amide bonds. The van der Waals surface area contributed by atoms with Gasteiger partial charge < -0.3 is 20.3 Å². The molecule has 1 aromatic rings. The zero-order valence-corrected chi connectivity index (χ0v) is 17.5. The van der Waals surface area contributed by atoms with Crippen LogP contribution >= 0.6 is 0 Å². The second kappa shape index (κ2) is 10.9. The van der Waals surface area contributed by atoms with Crippen molar-refractivity contribution in [2.75, 3.05) is 20.3 Å². The highest BCUT2D eigenvalue weighted by Crippen LogP contribution is 2.35. The lowest BCUT2D eigenvalue weighted by molar-refractivity contribution is 0.135. The summed E-state index contributed by atoms with van der Waals surface area (Å²) in [7, 11) is 1.70.